The van der Waals surface area contributed by atoms with Crippen LogP contribution in [0.15, 0.2) is 68.0 Å². The van der Waals surface area contributed by atoms with E-state index in [1.54, 1.807) is 6.08 Å². The van der Waals surface area contributed by atoms with Gasteiger partial charge in [-0.3, -0.25) is 0 Å². The second kappa shape index (κ2) is 10.4. The molecular formula is C22H33N3. The van der Waals surface area contributed by atoms with Gasteiger partial charge in [0, 0.05) is 43.0 Å². The Labute approximate surface area is 153 Å². The van der Waals surface area contributed by atoms with Crippen LogP contribution in [0.2, 0.25) is 0 Å². The third-order valence-corrected chi connectivity index (χ3v) is 4.40. The Kier molecular flexibility index (Phi) is 8.62. The summed E-state index contributed by atoms with van der Waals surface area (Å²) in [5.74, 6) is 0. The summed E-state index contributed by atoms with van der Waals surface area (Å²) in [5.41, 5.74) is 8.53. The number of likely N-dealkylation sites (tertiary alicyclic amines) is 1. The van der Waals surface area contributed by atoms with E-state index in [9.17, 15) is 0 Å². The molecule has 25 heavy (non-hydrogen) atoms. The van der Waals surface area contributed by atoms with E-state index < -0.39 is 0 Å². The molecule has 0 spiro atoms. The first-order valence-corrected chi connectivity index (χ1v) is 8.87. The average Bonchev–Trinajstić information content (AvgIpc) is 3.14. The Morgan fingerprint density at radius 3 is 2.44 bits per heavy atom. The van der Waals surface area contributed by atoms with Crippen molar-refractivity contribution >= 4 is 10.9 Å². The zero-order chi connectivity index (χ0) is 18.8. The first-order chi connectivity index (χ1) is 12.0. The number of hydrogen-bond acceptors (Lipinski definition) is 2. The molecule has 1 fully saturated rings. The van der Waals surface area contributed by atoms with Crippen LogP contribution in [0, 0.1) is 0 Å². The van der Waals surface area contributed by atoms with Gasteiger partial charge in [-0.1, -0.05) is 37.4 Å². The lowest BCUT2D eigenvalue weighted by atomic mass is 10.2. The smallest absolute Gasteiger partial charge is 0.0479 e. The van der Waals surface area contributed by atoms with E-state index in [-0.39, 0.29) is 0 Å². The molecule has 1 atom stereocenters. The third kappa shape index (κ3) is 5.56. The monoisotopic (exact) mass is 339 g/mol. The van der Waals surface area contributed by atoms with Crippen molar-refractivity contribution in [2.45, 2.75) is 39.2 Å². The van der Waals surface area contributed by atoms with Crippen molar-refractivity contribution in [3.05, 3.63) is 73.7 Å². The second-order valence-electron chi connectivity index (χ2n) is 6.33. The van der Waals surface area contributed by atoms with Gasteiger partial charge in [-0.15, -0.1) is 6.58 Å². The molecule has 1 unspecified atom stereocenters. The molecule has 1 aromatic heterocycles. The molecule has 2 aromatic rings. The highest BCUT2D eigenvalue weighted by molar-refractivity contribution is 5.81. The number of fused-ring (bicyclic) bond motifs is 1. The number of hydrogen-bond donors (Lipinski definition) is 1. The molecule has 136 valence electrons. The zero-order valence-corrected chi connectivity index (χ0v) is 16.0. The molecule has 3 nitrogen and oxygen atoms in total. The van der Waals surface area contributed by atoms with E-state index in [4.69, 9.17) is 0 Å². The molecular weight excluding hydrogens is 306 g/mol. The maximum Gasteiger partial charge on any atom is 0.0479 e. The minimum absolute atomic E-state index is 0.655. The maximum atomic E-state index is 4.61. The summed E-state index contributed by atoms with van der Waals surface area (Å²) in [6, 6.07) is 11.5. The lowest BCUT2D eigenvalue weighted by molar-refractivity contribution is 0.333. The Morgan fingerprint density at radius 1 is 1.32 bits per heavy atom. The fraction of sp³-hybridized carbons (Fsp3) is 0.364. The Bertz CT molecular complexity index is 690. The quantitative estimate of drug-likeness (QED) is 0.799. The van der Waals surface area contributed by atoms with E-state index in [0.717, 1.165) is 6.42 Å². The highest BCUT2D eigenvalue weighted by Crippen LogP contribution is 2.25. The van der Waals surface area contributed by atoms with Gasteiger partial charge in [0.05, 0.1) is 0 Å². The Balaban J connectivity index is 0.000000460. The van der Waals surface area contributed by atoms with Gasteiger partial charge >= 0.3 is 0 Å². The molecule has 0 saturated carbocycles. The van der Waals surface area contributed by atoms with Crippen LogP contribution < -0.4 is 5.73 Å². The fourth-order valence-electron chi connectivity index (χ4n) is 3.23. The van der Waals surface area contributed by atoms with Crippen LogP contribution in [-0.4, -0.2) is 22.1 Å². The van der Waals surface area contributed by atoms with Crippen molar-refractivity contribution in [1.82, 2.24) is 9.47 Å². The Morgan fingerprint density at radius 2 is 1.92 bits per heavy atom. The molecule has 2 heterocycles. The minimum Gasteiger partial charge on any atom is -0.405 e. The molecule has 0 amide bonds. The van der Waals surface area contributed by atoms with Crippen LogP contribution in [0.25, 0.3) is 10.9 Å². The molecule has 1 saturated heterocycles. The number of aryl methyl sites for hydroxylation is 1. The highest BCUT2D eigenvalue weighted by atomic mass is 15.2. The van der Waals surface area contributed by atoms with Crippen LogP contribution in [0.4, 0.5) is 0 Å². The normalized spacial score (nSPS) is 15.6. The van der Waals surface area contributed by atoms with Gasteiger partial charge in [-0.05, 0) is 50.4 Å². The third-order valence-electron chi connectivity index (χ3n) is 4.40. The topological polar surface area (TPSA) is 34.2 Å². The first-order valence-electron chi connectivity index (χ1n) is 8.87. The van der Waals surface area contributed by atoms with E-state index >= 15 is 0 Å². The zero-order valence-electron chi connectivity index (χ0n) is 16.0. The summed E-state index contributed by atoms with van der Waals surface area (Å²) in [6.45, 7) is 16.2. The SMILES string of the molecule is C=C(Cc1cc2ccccc2n1C)N1CCCC1C.C=CC.C=CN. The number of benzene rings is 1. The van der Waals surface area contributed by atoms with Crippen molar-refractivity contribution in [3.63, 3.8) is 0 Å². The number of nitrogens with zero attached hydrogens (tertiary/aromatic N) is 2. The predicted octanol–water partition coefficient (Wildman–Crippen LogP) is 5.00. The summed E-state index contributed by atoms with van der Waals surface area (Å²) in [4.78, 5) is 2.47. The standard InChI is InChI=1S/C17H22N2.C3H6.C2H5N/c1-13-7-6-10-19(13)14(2)11-16-12-15-8-4-5-9-17(15)18(16)3;1-3-2;1-2-3/h4-5,8-9,12-13H,2,6-7,10-11H2,1,3H3;3H,1H2,2H3;2H,1,3H2. The lowest BCUT2D eigenvalue weighted by Crippen LogP contribution is -2.26. The van der Waals surface area contributed by atoms with Crippen LogP contribution in [0.5, 0.6) is 0 Å². The van der Waals surface area contributed by atoms with Crippen molar-refractivity contribution < 1.29 is 0 Å². The number of rotatable bonds is 3. The molecule has 3 rings (SSSR count). The fourth-order valence-corrected chi connectivity index (χ4v) is 3.23. The second-order valence-corrected chi connectivity index (χ2v) is 6.33. The summed E-state index contributed by atoms with van der Waals surface area (Å²) in [6.07, 6.45) is 6.55. The van der Waals surface area contributed by atoms with E-state index in [0.29, 0.717) is 6.04 Å². The van der Waals surface area contributed by atoms with Gasteiger partial charge in [0.15, 0.2) is 0 Å². The summed E-state index contributed by atoms with van der Waals surface area (Å²) < 4.78 is 2.29. The molecule has 2 N–H and O–H groups in total. The van der Waals surface area contributed by atoms with Crippen LogP contribution in [-0.2, 0) is 13.5 Å². The molecule has 0 aliphatic carbocycles. The van der Waals surface area contributed by atoms with Gasteiger partial charge in [-0.25, -0.2) is 0 Å². The largest absolute Gasteiger partial charge is 0.405 e. The number of nitrogens with two attached hydrogens (primary N) is 1. The maximum absolute atomic E-state index is 4.61. The molecule has 1 aliphatic heterocycles. The molecule has 0 radical (unpaired) electrons. The van der Waals surface area contributed by atoms with Crippen molar-refractivity contribution in [1.29, 1.82) is 0 Å². The Hall–Kier alpha value is -2.42. The van der Waals surface area contributed by atoms with Gasteiger partial charge in [-0.2, -0.15) is 0 Å². The van der Waals surface area contributed by atoms with Crippen molar-refractivity contribution in [3.8, 4) is 0 Å². The molecule has 1 aliphatic rings. The van der Waals surface area contributed by atoms with Gasteiger partial charge in [0.1, 0.15) is 0 Å². The van der Waals surface area contributed by atoms with Crippen molar-refractivity contribution in [2.75, 3.05) is 6.54 Å². The van der Waals surface area contributed by atoms with Crippen LogP contribution >= 0.6 is 0 Å². The summed E-state index contributed by atoms with van der Waals surface area (Å²) in [7, 11) is 2.15. The highest BCUT2D eigenvalue weighted by Gasteiger charge is 2.21. The van der Waals surface area contributed by atoms with E-state index in [2.05, 4.69) is 79.2 Å². The first kappa shape index (κ1) is 20.6. The summed E-state index contributed by atoms with van der Waals surface area (Å²) >= 11 is 0. The van der Waals surface area contributed by atoms with E-state index in [1.807, 2.05) is 6.92 Å². The lowest BCUT2D eigenvalue weighted by Gasteiger charge is -2.26. The van der Waals surface area contributed by atoms with Gasteiger partial charge in [0.25, 0.3) is 0 Å². The van der Waals surface area contributed by atoms with Crippen molar-refractivity contribution in [2.24, 2.45) is 12.8 Å². The predicted molar refractivity (Wildman–Crippen MR) is 111 cm³/mol. The van der Waals surface area contributed by atoms with Gasteiger partial charge in [0.2, 0.25) is 0 Å². The summed E-state index contributed by atoms with van der Waals surface area (Å²) in [5, 5.41) is 1.32. The minimum atomic E-state index is 0.655. The number of aromatic nitrogens is 1. The molecule has 1 aromatic carbocycles. The van der Waals surface area contributed by atoms with Crippen LogP contribution in [0.3, 0.4) is 0 Å². The molecule has 3 heteroatoms. The molecule has 0 bridgehead atoms. The van der Waals surface area contributed by atoms with E-state index in [1.165, 1.54) is 47.9 Å². The van der Waals surface area contributed by atoms with Crippen LogP contribution in [0.1, 0.15) is 32.4 Å². The number of para-hydroxylation sites is 1. The van der Waals surface area contributed by atoms with Gasteiger partial charge < -0.3 is 15.2 Å². The number of allylic oxidation sites excluding steroid dienone is 2. The average molecular weight is 340 g/mol.